The molecule has 1 unspecified atom stereocenters. The highest BCUT2D eigenvalue weighted by molar-refractivity contribution is 6.42. The minimum Gasteiger partial charge on any atom is -0.316 e. The summed E-state index contributed by atoms with van der Waals surface area (Å²) >= 11 is 11.9. The fourth-order valence-corrected chi connectivity index (χ4v) is 2.15. The molecule has 0 bridgehead atoms. The molecule has 102 valence electrons. The summed E-state index contributed by atoms with van der Waals surface area (Å²) in [5.74, 6) is 1.39. The molecule has 1 N–H and O–H groups in total. The minimum atomic E-state index is 0.632. The van der Waals surface area contributed by atoms with Crippen LogP contribution >= 0.6 is 23.2 Å². The van der Waals surface area contributed by atoms with Gasteiger partial charge in [0, 0.05) is 0 Å². The molecular weight excluding hydrogens is 265 g/mol. The summed E-state index contributed by atoms with van der Waals surface area (Å²) < 4.78 is 0. The number of benzene rings is 1. The van der Waals surface area contributed by atoms with Gasteiger partial charge in [-0.05, 0) is 55.5 Å². The summed E-state index contributed by atoms with van der Waals surface area (Å²) in [4.78, 5) is 0. The van der Waals surface area contributed by atoms with E-state index in [1.54, 1.807) is 0 Å². The Kier molecular flexibility index (Phi) is 7.06. The molecule has 0 fully saturated rings. The molecule has 1 atom stereocenters. The Balaban J connectivity index is 2.29. The van der Waals surface area contributed by atoms with E-state index in [0.717, 1.165) is 19.5 Å². The zero-order valence-electron chi connectivity index (χ0n) is 11.5. The van der Waals surface area contributed by atoms with Gasteiger partial charge in [-0.25, -0.2) is 0 Å². The second-order valence-electron chi connectivity index (χ2n) is 5.44. The van der Waals surface area contributed by atoms with Gasteiger partial charge in [-0.1, -0.05) is 50.0 Å². The fourth-order valence-electron chi connectivity index (χ4n) is 1.83. The van der Waals surface area contributed by atoms with Crippen LogP contribution in [0.25, 0.3) is 0 Å². The first-order valence-electron chi connectivity index (χ1n) is 6.63. The molecule has 0 saturated carbocycles. The maximum atomic E-state index is 6.00. The lowest BCUT2D eigenvalue weighted by atomic mass is 10.0. The topological polar surface area (TPSA) is 12.0 Å². The summed E-state index contributed by atoms with van der Waals surface area (Å²) in [6, 6.07) is 5.90. The van der Waals surface area contributed by atoms with E-state index >= 15 is 0 Å². The molecule has 0 heterocycles. The summed E-state index contributed by atoms with van der Waals surface area (Å²) in [6.45, 7) is 8.92. The molecule has 0 aliphatic heterocycles. The summed E-state index contributed by atoms with van der Waals surface area (Å²) in [6.07, 6.45) is 2.23. The quantitative estimate of drug-likeness (QED) is 0.759. The normalized spacial score (nSPS) is 13.0. The van der Waals surface area contributed by atoms with Crippen LogP contribution in [-0.2, 0) is 6.42 Å². The van der Waals surface area contributed by atoms with Gasteiger partial charge in [0.2, 0.25) is 0 Å². The van der Waals surface area contributed by atoms with Crippen molar-refractivity contribution in [1.29, 1.82) is 0 Å². The second kappa shape index (κ2) is 8.04. The molecule has 0 aliphatic rings. The third kappa shape index (κ3) is 6.08. The van der Waals surface area contributed by atoms with Gasteiger partial charge in [0.05, 0.1) is 10.0 Å². The molecule has 0 aliphatic carbocycles. The molecular formula is C15H23Cl2N. The molecule has 0 radical (unpaired) electrons. The average molecular weight is 288 g/mol. The van der Waals surface area contributed by atoms with Crippen molar-refractivity contribution in [2.45, 2.75) is 33.6 Å². The van der Waals surface area contributed by atoms with Crippen LogP contribution in [-0.4, -0.2) is 13.1 Å². The Morgan fingerprint density at radius 2 is 1.78 bits per heavy atom. The first kappa shape index (κ1) is 15.8. The molecule has 1 nitrogen and oxygen atoms in total. The van der Waals surface area contributed by atoms with E-state index in [-0.39, 0.29) is 0 Å². The van der Waals surface area contributed by atoms with Crippen LogP contribution in [0, 0.1) is 11.8 Å². The number of hydrogen-bond acceptors (Lipinski definition) is 1. The number of rotatable bonds is 7. The first-order valence-corrected chi connectivity index (χ1v) is 7.39. The van der Waals surface area contributed by atoms with Gasteiger partial charge in [0.15, 0.2) is 0 Å². The van der Waals surface area contributed by atoms with E-state index in [1.807, 2.05) is 12.1 Å². The smallest absolute Gasteiger partial charge is 0.0595 e. The van der Waals surface area contributed by atoms with Gasteiger partial charge in [-0.2, -0.15) is 0 Å². The van der Waals surface area contributed by atoms with Crippen LogP contribution in [0.3, 0.4) is 0 Å². The van der Waals surface area contributed by atoms with Crippen LogP contribution in [0.5, 0.6) is 0 Å². The predicted octanol–water partition coefficient (Wildman–Crippen LogP) is 4.81. The molecule has 3 heteroatoms. The number of nitrogens with one attached hydrogen (secondary N) is 1. The van der Waals surface area contributed by atoms with Crippen molar-refractivity contribution < 1.29 is 0 Å². The molecule has 0 saturated heterocycles. The van der Waals surface area contributed by atoms with E-state index in [2.05, 4.69) is 32.2 Å². The van der Waals surface area contributed by atoms with E-state index in [0.29, 0.717) is 21.9 Å². The van der Waals surface area contributed by atoms with Crippen molar-refractivity contribution in [3.8, 4) is 0 Å². The Hall–Kier alpha value is -0.240. The van der Waals surface area contributed by atoms with Crippen LogP contribution in [0.15, 0.2) is 18.2 Å². The third-order valence-electron chi connectivity index (χ3n) is 2.96. The van der Waals surface area contributed by atoms with E-state index in [4.69, 9.17) is 23.2 Å². The van der Waals surface area contributed by atoms with Gasteiger partial charge in [0.1, 0.15) is 0 Å². The molecule has 0 amide bonds. The first-order chi connectivity index (χ1) is 8.49. The summed E-state index contributed by atoms with van der Waals surface area (Å²) in [5.41, 5.74) is 1.26. The van der Waals surface area contributed by atoms with Crippen molar-refractivity contribution in [2.24, 2.45) is 11.8 Å². The zero-order valence-corrected chi connectivity index (χ0v) is 13.0. The zero-order chi connectivity index (χ0) is 13.5. The molecule has 1 aromatic carbocycles. The molecule has 1 rings (SSSR count). The Morgan fingerprint density at radius 3 is 2.39 bits per heavy atom. The fraction of sp³-hybridized carbons (Fsp3) is 0.600. The summed E-state index contributed by atoms with van der Waals surface area (Å²) in [7, 11) is 0. The summed E-state index contributed by atoms with van der Waals surface area (Å²) in [5, 5.41) is 4.78. The van der Waals surface area contributed by atoms with E-state index in [1.165, 1.54) is 12.0 Å². The monoisotopic (exact) mass is 287 g/mol. The second-order valence-corrected chi connectivity index (χ2v) is 6.26. The lowest BCUT2D eigenvalue weighted by Crippen LogP contribution is -2.25. The van der Waals surface area contributed by atoms with Gasteiger partial charge >= 0.3 is 0 Å². The third-order valence-corrected chi connectivity index (χ3v) is 3.69. The van der Waals surface area contributed by atoms with Crippen LogP contribution < -0.4 is 5.32 Å². The van der Waals surface area contributed by atoms with Gasteiger partial charge < -0.3 is 5.32 Å². The largest absolute Gasteiger partial charge is 0.316 e. The highest BCUT2D eigenvalue weighted by Crippen LogP contribution is 2.23. The molecule has 1 aromatic rings. The van der Waals surface area contributed by atoms with Gasteiger partial charge in [0.25, 0.3) is 0 Å². The van der Waals surface area contributed by atoms with Crippen molar-refractivity contribution in [2.75, 3.05) is 13.1 Å². The number of halogens is 2. The lowest BCUT2D eigenvalue weighted by molar-refractivity contribution is 0.454. The SMILES string of the molecule is CC(C)CNCC(C)CCc1ccc(Cl)c(Cl)c1. The lowest BCUT2D eigenvalue weighted by Gasteiger charge is -2.14. The highest BCUT2D eigenvalue weighted by atomic mass is 35.5. The van der Waals surface area contributed by atoms with Crippen molar-refractivity contribution in [1.82, 2.24) is 5.32 Å². The van der Waals surface area contributed by atoms with Crippen LogP contribution in [0.1, 0.15) is 32.8 Å². The maximum absolute atomic E-state index is 6.00. The Bertz CT molecular complexity index is 364. The van der Waals surface area contributed by atoms with Crippen molar-refractivity contribution in [3.05, 3.63) is 33.8 Å². The number of hydrogen-bond donors (Lipinski definition) is 1. The Labute approximate surface area is 121 Å². The predicted molar refractivity (Wildman–Crippen MR) is 81.7 cm³/mol. The van der Waals surface area contributed by atoms with Gasteiger partial charge in [-0.3, -0.25) is 0 Å². The van der Waals surface area contributed by atoms with Crippen LogP contribution in [0.2, 0.25) is 10.0 Å². The molecule has 0 aromatic heterocycles. The highest BCUT2D eigenvalue weighted by Gasteiger charge is 2.05. The van der Waals surface area contributed by atoms with Crippen molar-refractivity contribution >= 4 is 23.2 Å². The molecule has 18 heavy (non-hydrogen) atoms. The van der Waals surface area contributed by atoms with E-state index in [9.17, 15) is 0 Å². The standard InChI is InChI=1S/C15H23Cl2N/c1-11(2)9-18-10-12(3)4-5-13-6-7-14(16)15(17)8-13/h6-8,11-12,18H,4-5,9-10H2,1-3H3. The Morgan fingerprint density at radius 1 is 1.06 bits per heavy atom. The minimum absolute atomic E-state index is 0.632. The van der Waals surface area contributed by atoms with Crippen molar-refractivity contribution in [3.63, 3.8) is 0 Å². The molecule has 0 spiro atoms. The van der Waals surface area contributed by atoms with E-state index < -0.39 is 0 Å². The maximum Gasteiger partial charge on any atom is 0.0595 e. The number of aryl methyl sites for hydroxylation is 1. The van der Waals surface area contributed by atoms with Gasteiger partial charge in [-0.15, -0.1) is 0 Å². The average Bonchev–Trinajstić information content (AvgIpc) is 2.30. The van der Waals surface area contributed by atoms with Crippen LogP contribution in [0.4, 0.5) is 0 Å².